The van der Waals surface area contributed by atoms with E-state index in [0.29, 0.717) is 0 Å². The predicted octanol–water partition coefficient (Wildman–Crippen LogP) is -13.8. The zero-order chi connectivity index (χ0) is 10.8. The molecule has 0 amide bonds. The molecule has 0 aromatic heterocycles. The Kier molecular flexibility index (Phi) is 295. The normalized spacial score (nSPS) is 5.25. The van der Waals surface area contributed by atoms with Crippen LogP contribution in [0.25, 0.3) is 0 Å². The maximum atomic E-state index is 8.35. The average Bonchev–Trinajstić information content (AvgIpc) is 1.92. The summed E-state index contributed by atoms with van der Waals surface area (Å²) in [5, 5.41) is 0. The van der Waals surface area contributed by atoms with Crippen molar-refractivity contribution in [3.63, 3.8) is 0 Å². The molecular weight excluding hydrogens is 344 g/mol. The summed E-state index contributed by atoms with van der Waals surface area (Å²) in [5.41, 5.74) is 0. The second-order valence-electron chi connectivity index (χ2n) is 0.298. The van der Waals surface area contributed by atoms with Gasteiger partial charge in [-0.25, -0.2) is 0 Å². The van der Waals surface area contributed by atoms with Crippen molar-refractivity contribution in [2.45, 2.75) is 0 Å². The molecule has 0 rings (SSSR count). The van der Waals surface area contributed by atoms with Crippen molar-refractivity contribution in [2.24, 2.45) is 0 Å². The van der Waals surface area contributed by atoms with Crippen molar-refractivity contribution in [3.05, 3.63) is 0 Å². The minimum atomic E-state index is -1.08. The standard InChI is InChI=1S/4Na.4HO2P/c;;;;4*1-3-2/h;;;;4*(H,1,2)/q4*+1;;;;/p-4. The molecule has 8 nitrogen and oxygen atoms in total. The summed E-state index contributed by atoms with van der Waals surface area (Å²) in [6, 6.07) is 0. The van der Waals surface area contributed by atoms with Gasteiger partial charge in [-0.1, -0.05) is 0 Å². The Morgan fingerprint density at radius 2 is 0.438 bits per heavy atom. The molecule has 0 radical (unpaired) electrons. The van der Waals surface area contributed by atoms with Crippen LogP contribution in [0.2, 0.25) is 0 Å². The Hall–Kier alpha value is 4.24. The van der Waals surface area contributed by atoms with E-state index in [2.05, 4.69) is 0 Å². The molecule has 16 heteroatoms. The third-order valence-electron chi connectivity index (χ3n) is 0. The molecule has 0 fully saturated rings. The van der Waals surface area contributed by atoms with Gasteiger partial charge in [0.25, 0.3) is 0 Å². The Balaban J connectivity index is -0.00000000821. The number of rotatable bonds is 0. The van der Waals surface area contributed by atoms with Crippen LogP contribution in [-0.2, 0) is 18.3 Å². The van der Waals surface area contributed by atoms with Gasteiger partial charge in [-0.15, -0.1) is 0 Å². The van der Waals surface area contributed by atoms with Gasteiger partial charge in [0.05, 0.1) is 34.7 Å². The van der Waals surface area contributed by atoms with Crippen LogP contribution in [-0.4, -0.2) is 0 Å². The third-order valence-corrected chi connectivity index (χ3v) is 0. The van der Waals surface area contributed by atoms with Gasteiger partial charge in [0.2, 0.25) is 0 Å². The fraction of sp³-hybridized carbons (Fsp3) is 0. The molecule has 16 heavy (non-hydrogen) atoms. The largest absolute Gasteiger partial charge is 1.00 e. The van der Waals surface area contributed by atoms with Crippen molar-refractivity contribution < 1.29 is 156 Å². The van der Waals surface area contributed by atoms with Gasteiger partial charge >= 0.3 is 118 Å². The molecule has 0 aromatic carbocycles. The smallest absolute Gasteiger partial charge is 0.772 e. The van der Waals surface area contributed by atoms with Crippen LogP contribution in [0.3, 0.4) is 0 Å². The minimum absolute atomic E-state index is 0. The SMILES string of the molecule is O=P[O-].O=P[O-].O=P[O-].O=P[O-].[Na+].[Na+].[Na+].[Na+]. The van der Waals surface area contributed by atoms with E-state index >= 15 is 0 Å². The van der Waals surface area contributed by atoms with Gasteiger partial charge in [-0.2, -0.15) is 0 Å². The van der Waals surface area contributed by atoms with Crippen molar-refractivity contribution in [3.8, 4) is 0 Å². The van der Waals surface area contributed by atoms with E-state index in [-0.39, 0.29) is 118 Å². The first-order chi connectivity index (χ1) is 5.66. The van der Waals surface area contributed by atoms with Gasteiger partial charge in [0, 0.05) is 0 Å². The van der Waals surface area contributed by atoms with Crippen molar-refractivity contribution in [2.75, 3.05) is 0 Å². The molecule has 0 aromatic rings. The first kappa shape index (κ1) is 50.0. The second kappa shape index (κ2) is 94.3. The molecule has 0 saturated carbocycles. The molecule has 0 atom stereocenters. The Labute approximate surface area is 187 Å². The Morgan fingerprint density at radius 3 is 0.438 bits per heavy atom. The van der Waals surface area contributed by atoms with E-state index in [1.807, 2.05) is 0 Å². The van der Waals surface area contributed by atoms with Crippen LogP contribution in [0.1, 0.15) is 0 Å². The minimum Gasteiger partial charge on any atom is -0.772 e. The summed E-state index contributed by atoms with van der Waals surface area (Å²) >= 11 is 0. The van der Waals surface area contributed by atoms with Crippen molar-refractivity contribution in [1.29, 1.82) is 0 Å². The van der Waals surface area contributed by atoms with Crippen LogP contribution in [0.15, 0.2) is 0 Å². The molecular formula is Na4O8P4. The quantitative estimate of drug-likeness (QED) is 0.309. The molecule has 0 spiro atoms. The molecule has 0 aliphatic carbocycles. The molecule has 0 unspecified atom stereocenters. The van der Waals surface area contributed by atoms with E-state index in [1.54, 1.807) is 0 Å². The van der Waals surface area contributed by atoms with Crippen LogP contribution >= 0.6 is 34.7 Å². The zero-order valence-corrected chi connectivity index (χ0v) is 20.6. The van der Waals surface area contributed by atoms with Gasteiger partial charge in [-0.3, -0.25) is 18.3 Å². The van der Waals surface area contributed by atoms with Gasteiger partial charge < -0.3 is 19.6 Å². The monoisotopic (exact) mass is 344 g/mol. The molecule has 0 aliphatic heterocycles. The Bertz CT molecular complexity index is 78.0. The van der Waals surface area contributed by atoms with E-state index in [4.69, 9.17) is 37.8 Å². The predicted molar refractivity (Wildman–Crippen MR) is 30.4 cm³/mol. The molecule has 72 valence electrons. The summed E-state index contributed by atoms with van der Waals surface area (Å²) in [6.07, 6.45) is 0. The van der Waals surface area contributed by atoms with E-state index in [1.165, 1.54) is 0 Å². The Morgan fingerprint density at radius 1 is 0.438 bits per heavy atom. The first-order valence-electron chi connectivity index (χ1n) is 1.46. The van der Waals surface area contributed by atoms with E-state index in [0.717, 1.165) is 0 Å². The van der Waals surface area contributed by atoms with Gasteiger partial charge in [-0.05, 0) is 0 Å². The van der Waals surface area contributed by atoms with Crippen LogP contribution in [0.4, 0.5) is 0 Å². The molecule has 0 aliphatic rings. The molecule has 0 N–H and O–H groups in total. The van der Waals surface area contributed by atoms with Gasteiger partial charge in [0.1, 0.15) is 0 Å². The number of hydrogen-bond donors (Lipinski definition) is 0. The van der Waals surface area contributed by atoms with Crippen molar-refractivity contribution >= 4 is 34.7 Å². The summed E-state index contributed by atoms with van der Waals surface area (Å²) in [4.78, 5) is 33.4. The zero-order valence-electron chi connectivity index (χ0n) is 9.05. The van der Waals surface area contributed by atoms with E-state index in [9.17, 15) is 0 Å². The van der Waals surface area contributed by atoms with Crippen molar-refractivity contribution in [1.82, 2.24) is 0 Å². The first-order valence-corrected chi connectivity index (χ1v) is 4.38. The second-order valence-corrected chi connectivity index (χ2v) is 0.894. The molecule has 0 bridgehead atoms. The molecule has 0 saturated heterocycles. The average molecular weight is 344 g/mol. The van der Waals surface area contributed by atoms with E-state index < -0.39 is 34.7 Å². The third kappa shape index (κ3) is 302. The maximum absolute atomic E-state index is 8.35. The fourth-order valence-corrected chi connectivity index (χ4v) is 0. The van der Waals surface area contributed by atoms with Gasteiger partial charge in [0.15, 0.2) is 0 Å². The summed E-state index contributed by atoms with van der Waals surface area (Å²) in [7, 11) is -4.33. The maximum Gasteiger partial charge on any atom is 1.00 e. The molecule has 0 heterocycles. The number of hydrogen-bond acceptors (Lipinski definition) is 8. The fourth-order valence-electron chi connectivity index (χ4n) is 0. The van der Waals surface area contributed by atoms with Crippen LogP contribution in [0, 0.1) is 0 Å². The summed E-state index contributed by atoms with van der Waals surface area (Å²) in [5.74, 6) is 0. The van der Waals surface area contributed by atoms with Crippen LogP contribution < -0.4 is 138 Å². The topological polar surface area (TPSA) is 161 Å². The summed E-state index contributed by atoms with van der Waals surface area (Å²) < 4.78 is 33.4. The van der Waals surface area contributed by atoms with Crippen LogP contribution in [0.5, 0.6) is 0 Å². The summed E-state index contributed by atoms with van der Waals surface area (Å²) in [6.45, 7) is 0.